The molecule has 2 aromatic rings. The number of rotatable bonds is 5. The molecular weight excluding hydrogens is 396 g/mol. The van der Waals surface area contributed by atoms with Crippen molar-refractivity contribution in [3.8, 4) is 0 Å². The van der Waals surface area contributed by atoms with Gasteiger partial charge < -0.3 is 4.74 Å². The van der Waals surface area contributed by atoms with E-state index in [1.807, 2.05) is 0 Å². The van der Waals surface area contributed by atoms with E-state index in [1.165, 1.54) is 23.1 Å². The van der Waals surface area contributed by atoms with Crippen LogP contribution in [0.1, 0.15) is 24.0 Å². The van der Waals surface area contributed by atoms with Crippen LogP contribution in [0.15, 0.2) is 42.5 Å². The van der Waals surface area contributed by atoms with Crippen LogP contribution in [0.2, 0.25) is 0 Å². The minimum Gasteiger partial charge on any atom is -0.441 e. The van der Waals surface area contributed by atoms with Gasteiger partial charge in [-0.3, -0.25) is 19.9 Å². The van der Waals surface area contributed by atoms with Gasteiger partial charge in [0.15, 0.2) is 11.6 Å². The summed E-state index contributed by atoms with van der Waals surface area (Å²) in [6, 6.07) is 10.1. The quantitative estimate of drug-likeness (QED) is 0.546. The number of carbonyl (C=O) groups excluding carboxylic acids is 1. The highest BCUT2D eigenvalue weighted by molar-refractivity contribution is 5.70. The molecule has 2 aliphatic rings. The molecule has 1 spiro atoms. The molecule has 2 heterocycles. The summed E-state index contributed by atoms with van der Waals surface area (Å²) in [7, 11) is 0. The van der Waals surface area contributed by atoms with E-state index in [1.54, 1.807) is 12.1 Å². The summed E-state index contributed by atoms with van der Waals surface area (Å²) in [4.78, 5) is 26.4. The molecule has 158 valence electrons. The number of nitro benzene ring substituents is 1. The van der Waals surface area contributed by atoms with Gasteiger partial charge in [0.05, 0.1) is 11.5 Å². The van der Waals surface area contributed by atoms with Crippen molar-refractivity contribution in [3.63, 3.8) is 0 Å². The predicted octanol–water partition coefficient (Wildman–Crippen LogP) is 3.86. The smallest absolute Gasteiger partial charge is 0.410 e. The molecule has 0 radical (unpaired) electrons. The summed E-state index contributed by atoms with van der Waals surface area (Å²) < 4.78 is 32.2. The number of carbonyl (C=O) groups is 1. The summed E-state index contributed by atoms with van der Waals surface area (Å²) in [6.07, 6.45) is 0.892. The first-order valence-corrected chi connectivity index (χ1v) is 9.71. The van der Waals surface area contributed by atoms with Crippen LogP contribution in [0, 0.1) is 21.7 Å². The number of ether oxygens (including phenoxy) is 1. The van der Waals surface area contributed by atoms with E-state index in [0.717, 1.165) is 30.8 Å². The first kappa shape index (κ1) is 20.2. The molecule has 0 saturated carbocycles. The van der Waals surface area contributed by atoms with Gasteiger partial charge in [-0.1, -0.05) is 18.2 Å². The monoisotopic (exact) mass is 417 g/mol. The third kappa shape index (κ3) is 4.25. The molecule has 7 nitrogen and oxygen atoms in total. The van der Waals surface area contributed by atoms with Crippen LogP contribution in [0.25, 0.3) is 0 Å². The lowest BCUT2D eigenvalue weighted by Crippen LogP contribution is -2.46. The van der Waals surface area contributed by atoms with Crippen molar-refractivity contribution in [2.45, 2.75) is 31.5 Å². The number of hydrogen-bond donors (Lipinski definition) is 0. The Labute approximate surface area is 172 Å². The van der Waals surface area contributed by atoms with Gasteiger partial charge in [-0.05, 0) is 23.3 Å². The maximum atomic E-state index is 13.4. The van der Waals surface area contributed by atoms with Crippen molar-refractivity contribution in [3.05, 3.63) is 75.3 Å². The molecule has 30 heavy (non-hydrogen) atoms. The van der Waals surface area contributed by atoms with Gasteiger partial charge in [0, 0.05) is 51.2 Å². The number of likely N-dealkylation sites (tertiary alicyclic amines) is 1. The number of benzene rings is 2. The number of piperidine rings is 1. The topological polar surface area (TPSA) is 75.9 Å². The first-order valence-electron chi connectivity index (χ1n) is 9.71. The van der Waals surface area contributed by atoms with Crippen molar-refractivity contribution in [1.82, 2.24) is 9.80 Å². The number of amides is 1. The molecule has 2 aliphatic heterocycles. The number of nitrogens with zero attached hydrogens (tertiary/aromatic N) is 3. The van der Waals surface area contributed by atoms with Crippen LogP contribution >= 0.6 is 0 Å². The average Bonchev–Trinajstić information content (AvgIpc) is 3.02. The fourth-order valence-electron chi connectivity index (χ4n) is 4.03. The molecule has 2 saturated heterocycles. The number of hydrogen-bond acceptors (Lipinski definition) is 5. The van der Waals surface area contributed by atoms with Crippen molar-refractivity contribution in [2.24, 2.45) is 0 Å². The van der Waals surface area contributed by atoms with Crippen molar-refractivity contribution >= 4 is 11.8 Å². The van der Waals surface area contributed by atoms with Crippen LogP contribution in [0.4, 0.5) is 19.3 Å². The zero-order valence-corrected chi connectivity index (χ0v) is 16.2. The van der Waals surface area contributed by atoms with E-state index in [2.05, 4.69) is 4.90 Å². The van der Waals surface area contributed by atoms with Crippen LogP contribution in [-0.2, 0) is 17.8 Å². The lowest BCUT2D eigenvalue weighted by molar-refractivity contribution is -0.384. The lowest BCUT2D eigenvalue weighted by Gasteiger charge is -2.37. The molecule has 0 N–H and O–H groups in total. The van der Waals surface area contributed by atoms with E-state index in [-0.39, 0.29) is 12.2 Å². The molecule has 2 aromatic carbocycles. The maximum Gasteiger partial charge on any atom is 0.410 e. The fraction of sp³-hybridized carbons (Fsp3) is 0.381. The molecule has 9 heteroatoms. The second-order valence-corrected chi connectivity index (χ2v) is 7.86. The Kier molecular flexibility index (Phi) is 5.38. The third-order valence-corrected chi connectivity index (χ3v) is 5.72. The summed E-state index contributed by atoms with van der Waals surface area (Å²) in [6.45, 7) is 2.70. The van der Waals surface area contributed by atoms with Gasteiger partial charge in [0.2, 0.25) is 0 Å². The Morgan fingerprint density at radius 1 is 1.00 bits per heavy atom. The van der Waals surface area contributed by atoms with Crippen LogP contribution in [0.3, 0.4) is 0 Å². The summed E-state index contributed by atoms with van der Waals surface area (Å²) >= 11 is 0. The van der Waals surface area contributed by atoms with Gasteiger partial charge in [0.25, 0.3) is 5.69 Å². The second kappa shape index (κ2) is 7.98. The molecule has 0 unspecified atom stereocenters. The Balaban J connectivity index is 1.33. The number of non-ortho nitro benzene ring substituents is 1. The van der Waals surface area contributed by atoms with E-state index in [0.29, 0.717) is 31.5 Å². The molecule has 0 bridgehead atoms. The average molecular weight is 417 g/mol. The van der Waals surface area contributed by atoms with Crippen LogP contribution < -0.4 is 0 Å². The standard InChI is InChI=1S/C21H21F2N3O4/c22-18-6-3-16(11-19(18)23)13-25-14-21(30-20(25)27)7-9-24(10-8-21)12-15-1-4-17(5-2-15)26(28)29/h1-6,11H,7-10,12-14H2. The minimum absolute atomic E-state index is 0.0651. The van der Waals surface area contributed by atoms with Crippen LogP contribution in [-0.4, -0.2) is 46.1 Å². The van der Waals surface area contributed by atoms with Gasteiger partial charge in [0.1, 0.15) is 5.60 Å². The Morgan fingerprint density at radius 2 is 1.67 bits per heavy atom. The first-order chi connectivity index (χ1) is 14.3. The predicted molar refractivity (Wildman–Crippen MR) is 104 cm³/mol. The Morgan fingerprint density at radius 3 is 2.30 bits per heavy atom. The minimum atomic E-state index is -0.936. The van der Waals surface area contributed by atoms with Crippen molar-refractivity contribution in [2.75, 3.05) is 19.6 Å². The lowest BCUT2D eigenvalue weighted by atomic mass is 9.91. The SMILES string of the molecule is O=C1OC2(CCN(Cc3ccc([N+](=O)[O-])cc3)CC2)CN1Cc1ccc(F)c(F)c1. The zero-order valence-electron chi connectivity index (χ0n) is 16.2. The highest BCUT2D eigenvalue weighted by Gasteiger charge is 2.46. The Bertz CT molecular complexity index is 959. The van der Waals surface area contributed by atoms with Gasteiger partial charge in [-0.25, -0.2) is 13.6 Å². The molecule has 0 aliphatic carbocycles. The summed E-state index contributed by atoms with van der Waals surface area (Å²) in [5.74, 6) is -1.85. The largest absolute Gasteiger partial charge is 0.441 e. The molecule has 1 amide bonds. The second-order valence-electron chi connectivity index (χ2n) is 7.86. The number of halogens is 2. The van der Waals surface area contributed by atoms with E-state index >= 15 is 0 Å². The maximum absolute atomic E-state index is 13.4. The summed E-state index contributed by atoms with van der Waals surface area (Å²) in [5, 5.41) is 10.8. The molecule has 0 atom stereocenters. The fourth-order valence-corrected chi connectivity index (χ4v) is 4.03. The number of nitro groups is 1. The normalized spacial score (nSPS) is 18.6. The molecule has 2 fully saturated rings. The van der Waals surface area contributed by atoms with E-state index < -0.39 is 28.3 Å². The Hall–Kier alpha value is -3.07. The van der Waals surface area contributed by atoms with Crippen molar-refractivity contribution < 1.29 is 23.2 Å². The van der Waals surface area contributed by atoms with Gasteiger partial charge in [-0.15, -0.1) is 0 Å². The van der Waals surface area contributed by atoms with E-state index in [9.17, 15) is 23.7 Å². The van der Waals surface area contributed by atoms with E-state index in [4.69, 9.17) is 4.74 Å². The zero-order chi connectivity index (χ0) is 21.3. The molecular formula is C21H21F2N3O4. The molecule has 0 aromatic heterocycles. The highest BCUT2D eigenvalue weighted by Crippen LogP contribution is 2.34. The van der Waals surface area contributed by atoms with Crippen molar-refractivity contribution in [1.29, 1.82) is 0 Å². The van der Waals surface area contributed by atoms with Gasteiger partial charge >= 0.3 is 6.09 Å². The highest BCUT2D eigenvalue weighted by atomic mass is 19.2. The van der Waals surface area contributed by atoms with Gasteiger partial charge in [-0.2, -0.15) is 0 Å². The molecule has 4 rings (SSSR count). The third-order valence-electron chi connectivity index (χ3n) is 5.72. The summed E-state index contributed by atoms with van der Waals surface area (Å²) in [5.41, 5.74) is 0.996. The van der Waals surface area contributed by atoms with Crippen LogP contribution in [0.5, 0.6) is 0 Å².